The zero-order chi connectivity index (χ0) is 20.8. The Balaban J connectivity index is 1.28. The first-order valence-electron chi connectivity index (χ1n) is 10.1. The van der Waals surface area contributed by atoms with Crippen molar-refractivity contribution in [2.75, 3.05) is 18.8 Å². The van der Waals surface area contributed by atoms with E-state index in [0.29, 0.717) is 18.9 Å². The van der Waals surface area contributed by atoms with Gasteiger partial charge in [-0.05, 0) is 38.8 Å². The van der Waals surface area contributed by atoms with Gasteiger partial charge in [0.25, 0.3) is 5.78 Å². The monoisotopic (exact) mass is 405 g/mol. The molecule has 3 aromatic heterocycles. The van der Waals surface area contributed by atoms with Gasteiger partial charge in [-0.15, -0.1) is 5.10 Å². The zero-order valence-corrected chi connectivity index (χ0v) is 17.0. The van der Waals surface area contributed by atoms with Gasteiger partial charge in [0.2, 0.25) is 11.9 Å². The number of nitrogens with zero attached hydrogens (tertiary/aromatic N) is 6. The molecule has 2 N–H and O–H groups in total. The van der Waals surface area contributed by atoms with Gasteiger partial charge in [-0.25, -0.2) is 9.97 Å². The van der Waals surface area contributed by atoms with Crippen LogP contribution in [0.2, 0.25) is 0 Å². The van der Waals surface area contributed by atoms with Gasteiger partial charge < -0.3 is 15.1 Å². The van der Waals surface area contributed by atoms with Crippen LogP contribution >= 0.6 is 0 Å². The smallest absolute Gasteiger partial charge is 0.254 e. The lowest BCUT2D eigenvalue weighted by atomic mass is 9.96. The summed E-state index contributed by atoms with van der Waals surface area (Å²) in [4.78, 5) is 28.1. The molecule has 0 bridgehead atoms. The van der Waals surface area contributed by atoms with Crippen molar-refractivity contribution in [1.82, 2.24) is 29.5 Å². The van der Waals surface area contributed by atoms with E-state index in [0.717, 1.165) is 46.8 Å². The lowest BCUT2D eigenvalue weighted by molar-refractivity contribution is -0.131. The average molecular weight is 405 g/mol. The predicted octanol–water partition coefficient (Wildman–Crippen LogP) is 2.41. The number of benzene rings is 1. The molecule has 1 amide bonds. The van der Waals surface area contributed by atoms with E-state index in [1.807, 2.05) is 43.0 Å². The Morgan fingerprint density at radius 3 is 2.70 bits per heavy atom. The Hall–Kier alpha value is -3.49. The number of rotatable bonds is 3. The number of aryl methyl sites for hydroxylation is 2. The van der Waals surface area contributed by atoms with E-state index in [9.17, 15) is 4.79 Å². The van der Waals surface area contributed by atoms with E-state index in [-0.39, 0.29) is 24.2 Å². The van der Waals surface area contributed by atoms with Crippen LogP contribution in [0.4, 0.5) is 5.95 Å². The fraction of sp³-hybridized carbons (Fsp3) is 0.381. The summed E-state index contributed by atoms with van der Waals surface area (Å²) in [5.41, 5.74) is 9.89. The molecule has 1 aromatic carbocycles. The second-order valence-electron chi connectivity index (χ2n) is 7.79. The van der Waals surface area contributed by atoms with Crippen LogP contribution in [0.5, 0.6) is 0 Å². The van der Waals surface area contributed by atoms with E-state index in [1.54, 1.807) is 4.52 Å². The van der Waals surface area contributed by atoms with Crippen LogP contribution in [0.3, 0.4) is 0 Å². The summed E-state index contributed by atoms with van der Waals surface area (Å²) in [6, 6.07) is 7.80. The van der Waals surface area contributed by atoms with Gasteiger partial charge in [0.1, 0.15) is 5.52 Å². The minimum Gasteiger partial charge on any atom is -0.440 e. The van der Waals surface area contributed by atoms with Gasteiger partial charge in [-0.3, -0.25) is 4.79 Å². The van der Waals surface area contributed by atoms with E-state index < -0.39 is 0 Å². The molecule has 1 aliphatic rings. The summed E-state index contributed by atoms with van der Waals surface area (Å²) in [6.45, 7) is 5.18. The Morgan fingerprint density at radius 2 is 1.93 bits per heavy atom. The van der Waals surface area contributed by atoms with Gasteiger partial charge in [0.05, 0.1) is 6.42 Å². The van der Waals surface area contributed by atoms with Gasteiger partial charge in [-0.2, -0.15) is 9.50 Å². The van der Waals surface area contributed by atoms with E-state index in [1.165, 1.54) is 0 Å². The van der Waals surface area contributed by atoms with Crippen LogP contribution in [0, 0.1) is 13.8 Å². The molecular weight excluding hydrogens is 382 g/mol. The van der Waals surface area contributed by atoms with Crippen molar-refractivity contribution in [3.05, 3.63) is 47.1 Å². The molecule has 0 aliphatic carbocycles. The second-order valence-corrected chi connectivity index (χ2v) is 7.79. The number of para-hydroxylation sites is 2. The third-order valence-corrected chi connectivity index (χ3v) is 5.90. The second kappa shape index (κ2) is 7.08. The molecule has 0 unspecified atom stereocenters. The molecular formula is C21H23N7O2. The van der Waals surface area contributed by atoms with E-state index >= 15 is 0 Å². The number of nitrogen functional groups attached to an aromatic ring is 1. The molecule has 4 aromatic rings. The highest BCUT2D eigenvalue weighted by molar-refractivity contribution is 5.79. The molecule has 0 atom stereocenters. The Morgan fingerprint density at radius 1 is 1.17 bits per heavy atom. The third-order valence-electron chi connectivity index (χ3n) is 5.90. The number of carbonyl (C=O) groups excluding carboxylic acids is 1. The number of nitrogens with two attached hydrogens (primary N) is 1. The highest BCUT2D eigenvalue weighted by atomic mass is 16.3. The highest BCUT2D eigenvalue weighted by Gasteiger charge is 2.28. The number of carbonyl (C=O) groups is 1. The molecule has 0 spiro atoms. The molecule has 154 valence electrons. The van der Waals surface area contributed by atoms with Crippen molar-refractivity contribution < 1.29 is 9.21 Å². The van der Waals surface area contributed by atoms with Crippen molar-refractivity contribution in [2.24, 2.45) is 0 Å². The molecule has 0 radical (unpaired) electrons. The Kier molecular flexibility index (Phi) is 4.38. The van der Waals surface area contributed by atoms with Gasteiger partial charge in [0.15, 0.2) is 11.5 Å². The molecule has 9 heteroatoms. The zero-order valence-electron chi connectivity index (χ0n) is 17.0. The maximum atomic E-state index is 13.0. The van der Waals surface area contributed by atoms with Crippen LogP contribution in [0.1, 0.15) is 41.6 Å². The minimum atomic E-state index is 0.0893. The van der Waals surface area contributed by atoms with Crippen LogP contribution < -0.4 is 5.73 Å². The van der Waals surface area contributed by atoms with Crippen LogP contribution in [0.25, 0.3) is 16.9 Å². The molecule has 0 saturated carbocycles. The SMILES string of the molecule is Cc1nc2nc(N)nn2c(C)c1CC(=O)N1CCC(c2nc3ccccc3o2)CC1. The van der Waals surface area contributed by atoms with Crippen molar-refractivity contribution in [3.8, 4) is 0 Å². The maximum absolute atomic E-state index is 13.0. The molecule has 30 heavy (non-hydrogen) atoms. The number of anilines is 1. The first-order chi connectivity index (χ1) is 14.5. The normalized spacial score (nSPS) is 15.3. The standard InChI is InChI=1S/C21H23N7O2/c1-12-15(13(2)28-21(23-12)25-20(22)26-28)11-18(29)27-9-7-14(8-10-27)19-24-16-5-3-4-6-17(16)30-19/h3-6,14H,7-11H2,1-2H3,(H2,22,26). The molecule has 4 heterocycles. The molecule has 5 rings (SSSR count). The number of piperidine rings is 1. The predicted molar refractivity (Wildman–Crippen MR) is 111 cm³/mol. The molecule has 1 fully saturated rings. The van der Waals surface area contributed by atoms with Crippen molar-refractivity contribution in [2.45, 2.75) is 39.0 Å². The lowest BCUT2D eigenvalue weighted by Crippen LogP contribution is -2.39. The molecule has 1 saturated heterocycles. The number of fused-ring (bicyclic) bond motifs is 2. The number of hydrogen-bond acceptors (Lipinski definition) is 7. The number of likely N-dealkylation sites (tertiary alicyclic amines) is 1. The third kappa shape index (κ3) is 3.16. The topological polar surface area (TPSA) is 115 Å². The van der Waals surface area contributed by atoms with Crippen molar-refractivity contribution in [1.29, 1.82) is 0 Å². The Labute approximate surface area is 172 Å². The molecule has 9 nitrogen and oxygen atoms in total. The quantitative estimate of drug-likeness (QED) is 0.556. The number of aromatic nitrogens is 5. The Bertz CT molecular complexity index is 1220. The summed E-state index contributed by atoms with van der Waals surface area (Å²) >= 11 is 0. The minimum absolute atomic E-state index is 0.0893. The fourth-order valence-corrected chi connectivity index (χ4v) is 4.18. The number of amides is 1. The van der Waals surface area contributed by atoms with Crippen molar-refractivity contribution >= 4 is 28.7 Å². The summed E-state index contributed by atoms with van der Waals surface area (Å²) in [5.74, 6) is 1.73. The summed E-state index contributed by atoms with van der Waals surface area (Å²) in [7, 11) is 0. The van der Waals surface area contributed by atoms with Gasteiger partial charge >= 0.3 is 0 Å². The number of hydrogen-bond donors (Lipinski definition) is 1. The van der Waals surface area contributed by atoms with E-state index in [2.05, 4.69) is 20.1 Å². The van der Waals surface area contributed by atoms with Crippen molar-refractivity contribution in [3.63, 3.8) is 0 Å². The number of oxazole rings is 1. The summed E-state index contributed by atoms with van der Waals surface area (Å²) in [5, 5.41) is 4.17. The van der Waals surface area contributed by atoms with Crippen LogP contribution in [0.15, 0.2) is 28.7 Å². The van der Waals surface area contributed by atoms with Crippen LogP contribution in [-0.2, 0) is 11.2 Å². The fourth-order valence-electron chi connectivity index (χ4n) is 4.18. The summed E-state index contributed by atoms with van der Waals surface area (Å²) in [6.07, 6.45) is 1.97. The molecule has 1 aliphatic heterocycles. The first-order valence-corrected chi connectivity index (χ1v) is 10.1. The average Bonchev–Trinajstić information content (AvgIpc) is 3.34. The van der Waals surface area contributed by atoms with Crippen LogP contribution in [-0.4, -0.2) is 48.5 Å². The lowest BCUT2D eigenvalue weighted by Gasteiger charge is -2.31. The first kappa shape index (κ1) is 18.5. The van der Waals surface area contributed by atoms with Gasteiger partial charge in [-0.1, -0.05) is 12.1 Å². The largest absolute Gasteiger partial charge is 0.440 e. The van der Waals surface area contributed by atoms with E-state index in [4.69, 9.17) is 10.2 Å². The maximum Gasteiger partial charge on any atom is 0.254 e. The highest BCUT2D eigenvalue weighted by Crippen LogP contribution is 2.30. The van der Waals surface area contributed by atoms with Gasteiger partial charge in [0, 0.05) is 36.0 Å². The summed E-state index contributed by atoms with van der Waals surface area (Å²) < 4.78 is 7.53.